The zero-order valence-electron chi connectivity index (χ0n) is 22.0. The number of aromatic nitrogens is 3. The molecule has 0 atom stereocenters. The number of nitrogens with zero attached hydrogens (tertiary/aromatic N) is 3. The lowest BCUT2D eigenvalue weighted by Crippen LogP contribution is -2.00. The predicted octanol–water partition coefficient (Wildman–Crippen LogP) is 10.1. The van der Waals surface area contributed by atoms with E-state index in [2.05, 4.69) is 103 Å². The Labute approximate surface area is 241 Å². The van der Waals surface area contributed by atoms with Crippen molar-refractivity contribution < 1.29 is 0 Å². The zero-order chi connectivity index (χ0) is 27.2. The van der Waals surface area contributed by atoms with Crippen LogP contribution in [0, 0.1) is 0 Å². The Balaban J connectivity index is 1.27. The van der Waals surface area contributed by atoms with Gasteiger partial charge in [0.1, 0.15) is 0 Å². The van der Waals surface area contributed by atoms with Crippen LogP contribution in [0.3, 0.4) is 0 Å². The summed E-state index contributed by atoms with van der Waals surface area (Å²) in [4.78, 5) is 14.9. The predicted molar refractivity (Wildman–Crippen MR) is 172 cm³/mol. The molecule has 0 radical (unpaired) electrons. The minimum atomic E-state index is 0.660. The van der Waals surface area contributed by atoms with E-state index in [1.54, 1.807) is 0 Å². The highest BCUT2D eigenvalue weighted by Crippen LogP contribution is 2.37. The Hall–Kier alpha value is -5.19. The third-order valence-corrected chi connectivity index (χ3v) is 8.65. The standard InChI is InChI=1S/C37H23N3S/c1-3-9-24(10-4-1)25-15-17-27(18-16-25)36-38-35(26-11-5-2-6-12-26)39-37(40-36)29-20-19-28-23-34-32(22-30(28)21-29)31-13-7-8-14-33(31)41-34/h1-23H. The van der Waals surface area contributed by atoms with Crippen molar-refractivity contribution in [3.05, 3.63) is 140 Å². The van der Waals surface area contributed by atoms with Crippen molar-refractivity contribution in [3.63, 3.8) is 0 Å². The Bertz CT molecular complexity index is 2180. The second kappa shape index (κ2) is 9.77. The molecule has 4 heteroatoms. The number of hydrogen-bond donors (Lipinski definition) is 0. The van der Waals surface area contributed by atoms with E-state index in [0.717, 1.165) is 22.3 Å². The van der Waals surface area contributed by atoms with Crippen LogP contribution in [0.2, 0.25) is 0 Å². The van der Waals surface area contributed by atoms with E-state index in [0.29, 0.717) is 17.5 Å². The van der Waals surface area contributed by atoms with Crippen LogP contribution in [0.15, 0.2) is 140 Å². The van der Waals surface area contributed by atoms with Crippen molar-refractivity contribution in [3.8, 4) is 45.3 Å². The monoisotopic (exact) mass is 541 g/mol. The number of rotatable bonds is 4. The summed E-state index contributed by atoms with van der Waals surface area (Å²) in [5.74, 6) is 1.99. The summed E-state index contributed by atoms with van der Waals surface area (Å²) in [6, 6.07) is 48.7. The largest absolute Gasteiger partial charge is 0.208 e. The van der Waals surface area contributed by atoms with Crippen LogP contribution in [-0.2, 0) is 0 Å². The topological polar surface area (TPSA) is 38.7 Å². The molecule has 0 amide bonds. The van der Waals surface area contributed by atoms with E-state index >= 15 is 0 Å². The highest BCUT2D eigenvalue weighted by molar-refractivity contribution is 7.25. The maximum Gasteiger partial charge on any atom is 0.164 e. The fraction of sp³-hybridized carbons (Fsp3) is 0. The molecular weight excluding hydrogens is 518 g/mol. The molecule has 8 aromatic rings. The van der Waals surface area contributed by atoms with Gasteiger partial charge in [-0.3, -0.25) is 0 Å². The van der Waals surface area contributed by atoms with Crippen LogP contribution in [0.5, 0.6) is 0 Å². The molecule has 41 heavy (non-hydrogen) atoms. The van der Waals surface area contributed by atoms with E-state index in [1.165, 1.54) is 36.5 Å². The van der Waals surface area contributed by atoms with Gasteiger partial charge in [0.2, 0.25) is 0 Å². The summed E-state index contributed by atoms with van der Waals surface area (Å²) in [7, 11) is 0. The average Bonchev–Trinajstić information content (AvgIpc) is 3.41. The first kappa shape index (κ1) is 23.7. The summed E-state index contributed by atoms with van der Waals surface area (Å²) < 4.78 is 2.62. The molecule has 3 nitrogen and oxygen atoms in total. The van der Waals surface area contributed by atoms with Gasteiger partial charge in [-0.2, -0.15) is 0 Å². The zero-order valence-corrected chi connectivity index (χ0v) is 22.8. The van der Waals surface area contributed by atoms with Crippen molar-refractivity contribution >= 4 is 42.3 Å². The normalized spacial score (nSPS) is 11.4. The summed E-state index contributed by atoms with van der Waals surface area (Å²) in [6.07, 6.45) is 0. The van der Waals surface area contributed by atoms with Crippen LogP contribution in [0.25, 0.3) is 76.2 Å². The molecule has 0 saturated heterocycles. The second-order valence-electron chi connectivity index (χ2n) is 10.1. The molecule has 2 aromatic heterocycles. The average molecular weight is 542 g/mol. The van der Waals surface area contributed by atoms with E-state index in [1.807, 2.05) is 47.7 Å². The maximum absolute atomic E-state index is 4.99. The Morgan fingerprint density at radius 2 is 0.878 bits per heavy atom. The summed E-state index contributed by atoms with van der Waals surface area (Å²) in [5, 5.41) is 4.97. The maximum atomic E-state index is 4.99. The second-order valence-corrected chi connectivity index (χ2v) is 11.2. The van der Waals surface area contributed by atoms with Gasteiger partial charge in [0.15, 0.2) is 17.5 Å². The first-order valence-electron chi connectivity index (χ1n) is 13.6. The van der Waals surface area contributed by atoms with Crippen LogP contribution in [-0.4, -0.2) is 15.0 Å². The van der Waals surface area contributed by atoms with Gasteiger partial charge in [-0.1, -0.05) is 115 Å². The van der Waals surface area contributed by atoms with E-state index in [9.17, 15) is 0 Å². The Morgan fingerprint density at radius 1 is 0.341 bits per heavy atom. The smallest absolute Gasteiger partial charge is 0.164 e. The lowest BCUT2D eigenvalue weighted by atomic mass is 10.0. The molecule has 8 rings (SSSR count). The van der Waals surface area contributed by atoms with Gasteiger partial charge in [-0.05, 0) is 46.2 Å². The molecule has 0 unspecified atom stereocenters. The Morgan fingerprint density at radius 3 is 1.61 bits per heavy atom. The molecule has 192 valence electrons. The third-order valence-electron chi connectivity index (χ3n) is 7.51. The third kappa shape index (κ3) is 4.35. The summed E-state index contributed by atoms with van der Waals surface area (Å²) in [5.41, 5.74) is 5.24. The highest BCUT2D eigenvalue weighted by atomic mass is 32.1. The molecule has 0 bridgehead atoms. The number of benzene rings is 6. The van der Waals surface area contributed by atoms with E-state index < -0.39 is 0 Å². The molecule has 0 aliphatic carbocycles. The minimum Gasteiger partial charge on any atom is -0.208 e. The molecule has 0 aliphatic rings. The fourth-order valence-corrected chi connectivity index (χ4v) is 6.54. The lowest BCUT2D eigenvalue weighted by Gasteiger charge is -2.10. The quantitative estimate of drug-likeness (QED) is 0.222. The number of thiophene rings is 1. The van der Waals surface area contributed by atoms with Gasteiger partial charge in [0, 0.05) is 36.9 Å². The lowest BCUT2D eigenvalue weighted by molar-refractivity contribution is 1.07. The van der Waals surface area contributed by atoms with Crippen LogP contribution in [0.4, 0.5) is 0 Å². The molecule has 0 spiro atoms. The molecule has 0 aliphatic heterocycles. The Kier molecular flexibility index (Phi) is 5.64. The van der Waals surface area contributed by atoms with E-state index in [-0.39, 0.29) is 0 Å². The fourth-order valence-electron chi connectivity index (χ4n) is 5.40. The van der Waals surface area contributed by atoms with Crippen molar-refractivity contribution in [2.45, 2.75) is 0 Å². The summed E-state index contributed by atoms with van der Waals surface area (Å²) in [6.45, 7) is 0. The minimum absolute atomic E-state index is 0.660. The molecule has 2 heterocycles. The number of hydrogen-bond acceptors (Lipinski definition) is 4. The summed E-state index contributed by atoms with van der Waals surface area (Å²) >= 11 is 1.84. The van der Waals surface area contributed by atoms with Crippen molar-refractivity contribution in [1.29, 1.82) is 0 Å². The molecular formula is C37H23N3S. The van der Waals surface area contributed by atoms with Gasteiger partial charge in [0.25, 0.3) is 0 Å². The molecule has 0 saturated carbocycles. The van der Waals surface area contributed by atoms with Crippen LogP contribution < -0.4 is 0 Å². The van der Waals surface area contributed by atoms with Crippen molar-refractivity contribution in [2.75, 3.05) is 0 Å². The molecule has 0 fully saturated rings. The molecule has 0 N–H and O–H groups in total. The van der Waals surface area contributed by atoms with Gasteiger partial charge < -0.3 is 0 Å². The van der Waals surface area contributed by atoms with Crippen molar-refractivity contribution in [1.82, 2.24) is 15.0 Å². The van der Waals surface area contributed by atoms with Gasteiger partial charge in [-0.25, -0.2) is 15.0 Å². The first-order valence-corrected chi connectivity index (χ1v) is 14.4. The van der Waals surface area contributed by atoms with Gasteiger partial charge in [0.05, 0.1) is 0 Å². The van der Waals surface area contributed by atoms with Gasteiger partial charge >= 0.3 is 0 Å². The number of fused-ring (bicyclic) bond motifs is 4. The van der Waals surface area contributed by atoms with Crippen molar-refractivity contribution in [2.24, 2.45) is 0 Å². The van der Waals surface area contributed by atoms with E-state index in [4.69, 9.17) is 15.0 Å². The van der Waals surface area contributed by atoms with Crippen LogP contribution in [0.1, 0.15) is 0 Å². The van der Waals surface area contributed by atoms with Crippen LogP contribution >= 0.6 is 11.3 Å². The SMILES string of the molecule is c1ccc(-c2ccc(-c3nc(-c4ccccc4)nc(-c4ccc5cc6sc7ccccc7c6cc5c4)n3)cc2)cc1. The van der Waals surface area contributed by atoms with Gasteiger partial charge in [-0.15, -0.1) is 11.3 Å². The first-order chi connectivity index (χ1) is 20.3. The highest BCUT2D eigenvalue weighted by Gasteiger charge is 2.14. The molecule has 6 aromatic carbocycles.